The average Bonchev–Trinajstić information content (AvgIpc) is 2.12. The van der Waals surface area contributed by atoms with Crippen LogP contribution < -0.4 is 0 Å². The zero-order chi connectivity index (χ0) is 11.1. The van der Waals surface area contributed by atoms with E-state index < -0.39 is 0 Å². The van der Waals surface area contributed by atoms with Crippen molar-refractivity contribution in [1.29, 1.82) is 0 Å². The second-order valence-electron chi connectivity index (χ2n) is 3.93. The van der Waals surface area contributed by atoms with Crippen LogP contribution in [0.4, 0.5) is 0 Å². The Morgan fingerprint density at radius 1 is 1.36 bits per heavy atom. The molecule has 0 aliphatic heterocycles. The van der Waals surface area contributed by atoms with E-state index in [1.54, 1.807) is 0 Å². The third-order valence-corrected chi connectivity index (χ3v) is 2.55. The third-order valence-electron chi connectivity index (χ3n) is 2.55. The zero-order valence-corrected chi connectivity index (χ0v) is 9.96. The number of allylic oxidation sites excluding steroid dienone is 2. The fraction of sp³-hybridized carbons (Fsp3) is 0.750. The molecule has 82 valence electrons. The molecule has 0 saturated carbocycles. The lowest BCUT2D eigenvalue weighted by Crippen LogP contribution is -2.20. The molecule has 0 aromatic carbocycles. The van der Waals surface area contributed by atoms with E-state index in [1.165, 1.54) is 12.5 Å². The maximum atomic E-state index is 10.7. The first-order valence-electron chi connectivity index (χ1n) is 5.30. The highest BCUT2D eigenvalue weighted by Crippen LogP contribution is 2.14. The Kier molecular flexibility index (Phi) is 6.26. The fourth-order valence-electron chi connectivity index (χ4n) is 1.10. The van der Waals surface area contributed by atoms with Gasteiger partial charge in [-0.25, -0.2) is 0 Å². The first kappa shape index (κ1) is 13.2. The van der Waals surface area contributed by atoms with Gasteiger partial charge in [0.15, 0.2) is 0 Å². The van der Waals surface area contributed by atoms with Crippen molar-refractivity contribution in [3.05, 3.63) is 11.6 Å². The molecular weight excluding hydrogens is 176 g/mol. The van der Waals surface area contributed by atoms with E-state index in [-0.39, 0.29) is 12.1 Å². The molecule has 0 fully saturated rings. The van der Waals surface area contributed by atoms with Gasteiger partial charge in [-0.2, -0.15) is 0 Å². The number of hydrogen-bond acceptors (Lipinski definition) is 2. The van der Waals surface area contributed by atoms with Crippen LogP contribution in [0.15, 0.2) is 11.6 Å². The Morgan fingerprint density at radius 2 is 1.93 bits per heavy atom. The van der Waals surface area contributed by atoms with Crippen molar-refractivity contribution in [2.75, 3.05) is 0 Å². The van der Waals surface area contributed by atoms with Crippen LogP contribution >= 0.6 is 0 Å². The molecule has 0 N–H and O–H groups in total. The van der Waals surface area contributed by atoms with Crippen LogP contribution in [0.25, 0.3) is 0 Å². The van der Waals surface area contributed by atoms with E-state index >= 15 is 0 Å². The van der Waals surface area contributed by atoms with Crippen LogP contribution in [-0.4, -0.2) is 12.1 Å². The molecule has 0 bridgehead atoms. The summed E-state index contributed by atoms with van der Waals surface area (Å²) in [6, 6.07) is 0. The molecular formula is C12H22O2. The third kappa shape index (κ3) is 5.79. The topological polar surface area (TPSA) is 26.3 Å². The van der Waals surface area contributed by atoms with Crippen molar-refractivity contribution in [2.45, 2.75) is 53.6 Å². The molecule has 0 aliphatic carbocycles. The lowest BCUT2D eigenvalue weighted by Gasteiger charge is -2.18. The van der Waals surface area contributed by atoms with Gasteiger partial charge in [0, 0.05) is 6.92 Å². The molecule has 0 rings (SSSR count). The van der Waals surface area contributed by atoms with Crippen LogP contribution in [0.5, 0.6) is 0 Å². The summed E-state index contributed by atoms with van der Waals surface area (Å²) in [6.07, 6.45) is 4.31. The standard InChI is InChI=1S/C12H22O2/c1-6-9(2)7-8-10(3)11(4)14-12(5)13/h7,10-11H,6,8H2,1-5H3/b9-7+. The Balaban J connectivity index is 3.95. The molecule has 0 heterocycles. The van der Waals surface area contributed by atoms with Gasteiger partial charge in [-0.1, -0.05) is 25.5 Å². The van der Waals surface area contributed by atoms with E-state index in [0.29, 0.717) is 5.92 Å². The lowest BCUT2D eigenvalue weighted by molar-refractivity contribution is -0.147. The predicted octanol–water partition coefficient (Wildman–Crippen LogP) is 3.32. The monoisotopic (exact) mass is 198 g/mol. The van der Waals surface area contributed by atoms with Crippen LogP contribution in [0.3, 0.4) is 0 Å². The minimum Gasteiger partial charge on any atom is -0.463 e. The molecule has 0 radical (unpaired) electrons. The van der Waals surface area contributed by atoms with Crippen molar-refractivity contribution < 1.29 is 9.53 Å². The largest absolute Gasteiger partial charge is 0.463 e. The van der Waals surface area contributed by atoms with Gasteiger partial charge < -0.3 is 4.74 Å². The van der Waals surface area contributed by atoms with Crippen LogP contribution in [0.2, 0.25) is 0 Å². The maximum Gasteiger partial charge on any atom is 0.302 e. The number of esters is 1. The van der Waals surface area contributed by atoms with Gasteiger partial charge in [0.1, 0.15) is 6.10 Å². The quantitative estimate of drug-likeness (QED) is 0.500. The van der Waals surface area contributed by atoms with Gasteiger partial charge in [-0.3, -0.25) is 4.79 Å². The number of hydrogen-bond donors (Lipinski definition) is 0. The SMILES string of the molecule is CC/C(C)=C/CC(C)C(C)OC(C)=O. The Hall–Kier alpha value is -0.790. The molecule has 0 aliphatic rings. The van der Waals surface area contributed by atoms with Gasteiger partial charge in [0.25, 0.3) is 0 Å². The molecule has 0 saturated heterocycles. The molecule has 0 spiro atoms. The molecule has 2 heteroatoms. The van der Waals surface area contributed by atoms with Gasteiger partial charge >= 0.3 is 5.97 Å². The smallest absolute Gasteiger partial charge is 0.302 e. The molecule has 14 heavy (non-hydrogen) atoms. The van der Waals surface area contributed by atoms with Crippen molar-refractivity contribution in [1.82, 2.24) is 0 Å². The fourth-order valence-corrected chi connectivity index (χ4v) is 1.10. The van der Waals surface area contributed by atoms with E-state index in [1.807, 2.05) is 6.92 Å². The van der Waals surface area contributed by atoms with Gasteiger partial charge in [0.2, 0.25) is 0 Å². The van der Waals surface area contributed by atoms with E-state index in [2.05, 4.69) is 26.8 Å². The highest BCUT2D eigenvalue weighted by Gasteiger charge is 2.13. The van der Waals surface area contributed by atoms with Gasteiger partial charge in [-0.05, 0) is 32.6 Å². The Bertz CT molecular complexity index is 206. The normalized spacial score (nSPS) is 16.2. The van der Waals surface area contributed by atoms with Crippen molar-refractivity contribution in [3.8, 4) is 0 Å². The number of carbonyl (C=O) groups is 1. The summed E-state index contributed by atoms with van der Waals surface area (Å²) in [6.45, 7) is 9.78. The molecule has 2 nitrogen and oxygen atoms in total. The Labute approximate surface area is 87.3 Å². The Morgan fingerprint density at radius 3 is 2.36 bits per heavy atom. The van der Waals surface area contributed by atoms with Crippen molar-refractivity contribution in [3.63, 3.8) is 0 Å². The van der Waals surface area contributed by atoms with Crippen LogP contribution in [0.1, 0.15) is 47.5 Å². The molecule has 0 aromatic rings. The summed E-state index contributed by atoms with van der Waals surface area (Å²) in [4.78, 5) is 10.7. The van der Waals surface area contributed by atoms with E-state index in [0.717, 1.165) is 12.8 Å². The first-order chi connectivity index (χ1) is 6.47. The number of rotatable bonds is 5. The summed E-state index contributed by atoms with van der Waals surface area (Å²) in [5.74, 6) is 0.195. The second-order valence-corrected chi connectivity index (χ2v) is 3.93. The summed E-state index contributed by atoms with van der Waals surface area (Å²) in [5, 5.41) is 0. The van der Waals surface area contributed by atoms with E-state index in [9.17, 15) is 4.79 Å². The number of carbonyl (C=O) groups excluding carboxylic acids is 1. The minimum atomic E-state index is -0.194. The van der Waals surface area contributed by atoms with Gasteiger partial charge in [-0.15, -0.1) is 0 Å². The summed E-state index contributed by atoms with van der Waals surface area (Å²) in [5.41, 5.74) is 1.40. The van der Waals surface area contributed by atoms with Crippen LogP contribution in [-0.2, 0) is 9.53 Å². The van der Waals surface area contributed by atoms with Gasteiger partial charge in [0.05, 0.1) is 0 Å². The molecule has 0 aromatic heterocycles. The summed E-state index contributed by atoms with van der Waals surface area (Å²) in [7, 11) is 0. The highest BCUT2D eigenvalue weighted by atomic mass is 16.5. The van der Waals surface area contributed by atoms with Crippen LogP contribution in [0, 0.1) is 5.92 Å². The van der Waals surface area contributed by atoms with Crippen molar-refractivity contribution >= 4 is 5.97 Å². The molecule has 2 unspecified atom stereocenters. The van der Waals surface area contributed by atoms with E-state index in [4.69, 9.17) is 4.74 Å². The summed E-state index contributed by atoms with van der Waals surface area (Å²) >= 11 is 0. The number of ether oxygens (including phenoxy) is 1. The average molecular weight is 198 g/mol. The highest BCUT2D eigenvalue weighted by molar-refractivity contribution is 5.66. The molecule has 0 amide bonds. The second kappa shape index (κ2) is 6.63. The minimum absolute atomic E-state index is 0.00778. The lowest BCUT2D eigenvalue weighted by atomic mass is 10.00. The van der Waals surface area contributed by atoms with Crippen molar-refractivity contribution in [2.24, 2.45) is 5.92 Å². The predicted molar refractivity (Wildman–Crippen MR) is 59.1 cm³/mol. The zero-order valence-electron chi connectivity index (χ0n) is 9.96. The molecule has 2 atom stereocenters. The maximum absolute atomic E-state index is 10.7. The summed E-state index contributed by atoms with van der Waals surface area (Å²) < 4.78 is 5.11. The first-order valence-corrected chi connectivity index (χ1v) is 5.30.